The lowest BCUT2D eigenvalue weighted by atomic mass is 10.2. The Morgan fingerprint density at radius 2 is 2.00 bits per heavy atom. The summed E-state index contributed by atoms with van der Waals surface area (Å²) >= 11 is 13.1. The van der Waals surface area contributed by atoms with E-state index in [0.29, 0.717) is 16.1 Å². The summed E-state index contributed by atoms with van der Waals surface area (Å²) in [6.45, 7) is 0.140. The van der Waals surface area contributed by atoms with Crippen molar-refractivity contribution >= 4 is 69.6 Å². The Morgan fingerprint density at radius 1 is 1.31 bits per heavy atom. The van der Waals surface area contributed by atoms with Crippen LogP contribution in [0.5, 0.6) is 0 Å². The molecule has 2 aromatic rings. The standard InChI is InChI=1S/C20H14ClF3N2O3S3/c21-12-3-5-13(6-4-12)31-15-8-11(20(22,23)24)10-25-14(15)9-16-18(29)26(19(30)32-16)7-1-2-17(27)28/h3-6,8-10H,1-2,7H2,(H,27,28)/b16-9-. The molecule has 0 atom stereocenters. The molecule has 1 amide bonds. The van der Waals surface area contributed by atoms with Crippen LogP contribution in [0.25, 0.3) is 6.08 Å². The molecule has 1 aliphatic heterocycles. The number of nitrogens with zero attached hydrogens (tertiary/aromatic N) is 2. The first kappa shape index (κ1) is 24.6. The van der Waals surface area contributed by atoms with Gasteiger partial charge in [-0.05, 0) is 42.8 Å². The van der Waals surface area contributed by atoms with Gasteiger partial charge in [-0.25, -0.2) is 0 Å². The summed E-state index contributed by atoms with van der Waals surface area (Å²) in [4.78, 5) is 29.7. The highest BCUT2D eigenvalue weighted by Gasteiger charge is 2.34. The Morgan fingerprint density at radius 3 is 2.62 bits per heavy atom. The molecule has 168 valence electrons. The van der Waals surface area contributed by atoms with Gasteiger partial charge in [-0.2, -0.15) is 13.2 Å². The lowest BCUT2D eigenvalue weighted by Crippen LogP contribution is -2.29. The van der Waals surface area contributed by atoms with Crippen molar-refractivity contribution in [1.29, 1.82) is 0 Å². The maximum absolute atomic E-state index is 13.2. The molecule has 0 unspecified atom stereocenters. The zero-order chi connectivity index (χ0) is 23.5. The van der Waals surface area contributed by atoms with Gasteiger partial charge in [0.2, 0.25) is 0 Å². The number of carbonyl (C=O) groups excluding carboxylic acids is 1. The van der Waals surface area contributed by atoms with Gasteiger partial charge in [-0.1, -0.05) is 47.3 Å². The summed E-state index contributed by atoms with van der Waals surface area (Å²) in [5, 5.41) is 9.25. The predicted octanol–water partition coefficient (Wildman–Crippen LogP) is 5.97. The number of thiocarbonyl (C=S) groups is 1. The molecule has 12 heteroatoms. The van der Waals surface area contributed by atoms with Gasteiger partial charge in [0.05, 0.1) is 16.2 Å². The molecule has 5 nitrogen and oxygen atoms in total. The molecule has 0 aliphatic carbocycles. The summed E-state index contributed by atoms with van der Waals surface area (Å²) in [6, 6.07) is 7.54. The van der Waals surface area contributed by atoms with E-state index in [9.17, 15) is 22.8 Å². The van der Waals surface area contributed by atoms with Crippen LogP contribution in [0.3, 0.4) is 0 Å². The van der Waals surface area contributed by atoms with Crippen molar-refractivity contribution in [3.8, 4) is 0 Å². The van der Waals surface area contributed by atoms with E-state index in [1.165, 1.54) is 11.0 Å². The SMILES string of the molecule is O=C(O)CCCN1C(=O)/C(=C/c2ncc(C(F)(F)F)cc2Sc2ccc(Cl)cc2)SC1=S. The van der Waals surface area contributed by atoms with Crippen LogP contribution in [0.2, 0.25) is 5.02 Å². The maximum atomic E-state index is 13.2. The largest absolute Gasteiger partial charge is 0.481 e. The van der Waals surface area contributed by atoms with Crippen LogP contribution >= 0.6 is 47.3 Å². The van der Waals surface area contributed by atoms with E-state index >= 15 is 0 Å². The summed E-state index contributed by atoms with van der Waals surface area (Å²) in [7, 11) is 0. The van der Waals surface area contributed by atoms with Crippen molar-refractivity contribution in [3.05, 3.63) is 57.7 Å². The fourth-order valence-corrected chi connectivity index (χ4v) is 4.97. The number of thioether (sulfide) groups is 1. The van der Waals surface area contributed by atoms with Gasteiger partial charge in [-0.3, -0.25) is 19.5 Å². The molecule has 0 bridgehead atoms. The second-order valence-electron chi connectivity index (χ2n) is 6.49. The van der Waals surface area contributed by atoms with Crippen molar-refractivity contribution in [2.24, 2.45) is 0 Å². The molecule has 0 spiro atoms. The Kier molecular flexibility index (Phi) is 7.86. The van der Waals surface area contributed by atoms with E-state index in [4.69, 9.17) is 28.9 Å². The third-order valence-corrected chi connectivity index (χ3v) is 6.85. The van der Waals surface area contributed by atoms with Crippen molar-refractivity contribution in [2.45, 2.75) is 28.8 Å². The van der Waals surface area contributed by atoms with Crippen LogP contribution in [0.4, 0.5) is 13.2 Å². The second kappa shape index (κ2) is 10.2. The lowest BCUT2D eigenvalue weighted by molar-refractivity contribution is -0.138. The van der Waals surface area contributed by atoms with E-state index in [1.54, 1.807) is 24.3 Å². The second-order valence-corrected chi connectivity index (χ2v) is 9.72. The van der Waals surface area contributed by atoms with Gasteiger partial charge in [-0.15, -0.1) is 0 Å². The number of aromatic nitrogens is 1. The van der Waals surface area contributed by atoms with Gasteiger partial charge in [0.15, 0.2) is 0 Å². The minimum absolute atomic E-state index is 0.113. The van der Waals surface area contributed by atoms with Crippen LogP contribution in [0.15, 0.2) is 51.2 Å². The van der Waals surface area contributed by atoms with Crippen molar-refractivity contribution < 1.29 is 27.9 Å². The number of benzene rings is 1. The monoisotopic (exact) mass is 518 g/mol. The first-order valence-electron chi connectivity index (χ1n) is 9.02. The number of rotatable bonds is 7. The van der Waals surface area contributed by atoms with Crippen LogP contribution in [-0.2, 0) is 15.8 Å². The number of hydrogen-bond donors (Lipinski definition) is 1. The van der Waals surface area contributed by atoms with Gasteiger partial charge >= 0.3 is 12.1 Å². The average Bonchev–Trinajstić information content (AvgIpc) is 2.97. The molecular weight excluding hydrogens is 505 g/mol. The van der Waals surface area contributed by atoms with Crippen LogP contribution in [0, 0.1) is 0 Å². The Labute approximate surface area is 200 Å². The van der Waals surface area contributed by atoms with E-state index in [0.717, 1.165) is 29.6 Å². The topological polar surface area (TPSA) is 70.5 Å². The quantitative estimate of drug-likeness (QED) is 0.357. The number of carboxylic acids is 1. The average molecular weight is 519 g/mol. The molecule has 1 aromatic heterocycles. The molecule has 0 radical (unpaired) electrons. The summed E-state index contributed by atoms with van der Waals surface area (Å²) in [5.74, 6) is -1.42. The maximum Gasteiger partial charge on any atom is 0.417 e. The lowest BCUT2D eigenvalue weighted by Gasteiger charge is -2.13. The Balaban J connectivity index is 1.91. The van der Waals surface area contributed by atoms with Gasteiger partial charge in [0.1, 0.15) is 4.32 Å². The van der Waals surface area contributed by atoms with Crippen molar-refractivity contribution in [1.82, 2.24) is 9.88 Å². The minimum Gasteiger partial charge on any atom is -0.481 e. The van der Waals surface area contributed by atoms with Crippen LogP contribution in [-0.4, -0.2) is 37.7 Å². The summed E-state index contributed by atoms with van der Waals surface area (Å²) < 4.78 is 39.9. The first-order chi connectivity index (χ1) is 15.0. The van der Waals surface area contributed by atoms with E-state index in [1.807, 2.05) is 0 Å². The number of hydrogen-bond acceptors (Lipinski definition) is 6. The van der Waals surface area contributed by atoms with Gasteiger partial charge in [0.25, 0.3) is 5.91 Å². The third kappa shape index (κ3) is 6.25. The zero-order valence-electron chi connectivity index (χ0n) is 16.1. The predicted molar refractivity (Wildman–Crippen MR) is 122 cm³/mol. The van der Waals surface area contributed by atoms with E-state index in [-0.39, 0.29) is 39.2 Å². The van der Waals surface area contributed by atoms with E-state index < -0.39 is 23.6 Å². The van der Waals surface area contributed by atoms with Gasteiger partial charge in [0, 0.05) is 34.0 Å². The number of carbonyl (C=O) groups is 2. The summed E-state index contributed by atoms with van der Waals surface area (Å²) in [6.07, 6.45) is -2.35. The smallest absolute Gasteiger partial charge is 0.417 e. The molecular formula is C20H14ClF3N2O3S3. The highest BCUT2D eigenvalue weighted by atomic mass is 35.5. The molecule has 3 rings (SSSR count). The third-order valence-electron chi connectivity index (χ3n) is 4.16. The number of carboxylic acid groups (broad SMARTS) is 1. The fourth-order valence-electron chi connectivity index (χ4n) is 2.64. The molecule has 1 aromatic carbocycles. The molecule has 1 N–H and O–H groups in total. The highest BCUT2D eigenvalue weighted by molar-refractivity contribution is 8.26. The molecule has 0 saturated carbocycles. The molecule has 1 aliphatic rings. The normalized spacial score (nSPS) is 15.6. The number of halogens is 4. The van der Waals surface area contributed by atoms with E-state index in [2.05, 4.69) is 4.98 Å². The van der Waals surface area contributed by atoms with Crippen LogP contribution in [0.1, 0.15) is 24.1 Å². The molecule has 32 heavy (non-hydrogen) atoms. The Hall–Kier alpha value is -2.08. The molecule has 1 fully saturated rings. The number of alkyl halides is 3. The van der Waals surface area contributed by atoms with Crippen molar-refractivity contribution in [2.75, 3.05) is 6.54 Å². The number of pyridine rings is 1. The fraction of sp³-hybridized carbons (Fsp3) is 0.200. The highest BCUT2D eigenvalue weighted by Crippen LogP contribution is 2.38. The Bertz CT molecular complexity index is 1090. The summed E-state index contributed by atoms with van der Waals surface area (Å²) in [5.41, 5.74) is -0.726. The first-order valence-corrected chi connectivity index (χ1v) is 11.4. The van der Waals surface area contributed by atoms with Gasteiger partial charge < -0.3 is 5.11 Å². The zero-order valence-corrected chi connectivity index (χ0v) is 19.3. The van der Waals surface area contributed by atoms with Crippen molar-refractivity contribution in [3.63, 3.8) is 0 Å². The number of amides is 1. The molecule has 1 saturated heterocycles. The van der Waals surface area contributed by atoms with Crippen LogP contribution < -0.4 is 0 Å². The molecule has 2 heterocycles. The minimum atomic E-state index is -4.57. The number of aliphatic carboxylic acids is 1.